The average Bonchev–Trinajstić information content (AvgIpc) is 2.72. The zero-order chi connectivity index (χ0) is 21.3. The van der Waals surface area contributed by atoms with Crippen LogP contribution >= 0.6 is 11.6 Å². The molecule has 0 aliphatic rings. The lowest BCUT2D eigenvalue weighted by atomic mass is 10.1. The maximum atomic E-state index is 13.2. The summed E-state index contributed by atoms with van der Waals surface area (Å²) in [6, 6.07) is 16.6. The van der Waals surface area contributed by atoms with Crippen LogP contribution < -0.4 is 10.9 Å². The molecule has 1 N–H and O–H groups in total. The molecule has 0 aliphatic carbocycles. The van der Waals surface area contributed by atoms with E-state index in [9.17, 15) is 14.0 Å². The molecule has 0 atom stereocenters. The number of anilines is 1. The lowest BCUT2D eigenvalue weighted by Gasteiger charge is -2.11. The molecular formula is C23H17ClFN3O2. The van der Waals surface area contributed by atoms with Crippen molar-refractivity contribution in [1.29, 1.82) is 0 Å². The number of nitrogens with one attached hydrogen (secondary N) is 1. The van der Waals surface area contributed by atoms with Gasteiger partial charge in [0.15, 0.2) is 0 Å². The predicted molar refractivity (Wildman–Crippen MR) is 116 cm³/mol. The van der Waals surface area contributed by atoms with Crippen molar-refractivity contribution in [2.45, 2.75) is 13.5 Å². The highest BCUT2D eigenvalue weighted by Gasteiger charge is 2.16. The molecule has 0 bridgehead atoms. The van der Waals surface area contributed by atoms with Gasteiger partial charge >= 0.3 is 0 Å². The second kappa shape index (κ2) is 8.08. The van der Waals surface area contributed by atoms with Crippen LogP contribution in [-0.4, -0.2) is 15.5 Å². The third-order valence-corrected chi connectivity index (χ3v) is 5.08. The van der Waals surface area contributed by atoms with E-state index < -0.39 is 11.7 Å². The SMILES string of the molecule is Cc1nc2ccn(Cc3ccccc3)c(=O)c2cc1C(=O)Nc1ccc(F)cc1Cl. The number of halogens is 2. The van der Waals surface area contributed by atoms with E-state index in [1.54, 1.807) is 23.8 Å². The standard InChI is InChI=1S/C23H17ClFN3O2/c1-14-17(22(29)27-21-8-7-16(25)11-19(21)24)12-18-20(26-14)9-10-28(23(18)30)13-15-5-3-2-4-6-15/h2-12H,13H2,1H3,(H,27,29). The number of aryl methyl sites for hydroxylation is 1. The van der Waals surface area contributed by atoms with Crippen molar-refractivity contribution in [3.05, 3.63) is 105 Å². The summed E-state index contributed by atoms with van der Waals surface area (Å²) in [5.41, 5.74) is 2.26. The minimum atomic E-state index is -0.500. The smallest absolute Gasteiger partial charge is 0.260 e. The number of hydrogen-bond acceptors (Lipinski definition) is 3. The van der Waals surface area contributed by atoms with Crippen LogP contribution in [0.4, 0.5) is 10.1 Å². The van der Waals surface area contributed by atoms with Crippen LogP contribution in [0.2, 0.25) is 5.02 Å². The fourth-order valence-corrected chi connectivity index (χ4v) is 3.43. The first-order valence-electron chi connectivity index (χ1n) is 9.23. The Hall–Kier alpha value is -3.51. The largest absolute Gasteiger partial charge is 0.321 e. The highest BCUT2D eigenvalue weighted by atomic mass is 35.5. The van der Waals surface area contributed by atoms with Crippen molar-refractivity contribution < 1.29 is 9.18 Å². The summed E-state index contributed by atoms with van der Waals surface area (Å²) >= 11 is 6.00. The Morgan fingerprint density at radius 1 is 1.13 bits per heavy atom. The molecule has 0 spiro atoms. The fraction of sp³-hybridized carbons (Fsp3) is 0.0870. The van der Waals surface area contributed by atoms with E-state index >= 15 is 0 Å². The Labute approximate surface area is 176 Å². The molecule has 0 saturated heterocycles. The number of rotatable bonds is 4. The van der Waals surface area contributed by atoms with Crippen LogP contribution in [0.25, 0.3) is 10.9 Å². The van der Waals surface area contributed by atoms with Crippen molar-refractivity contribution in [2.75, 3.05) is 5.32 Å². The van der Waals surface area contributed by atoms with Crippen LogP contribution in [-0.2, 0) is 6.54 Å². The van der Waals surface area contributed by atoms with Gasteiger partial charge in [-0.15, -0.1) is 0 Å². The minimum Gasteiger partial charge on any atom is -0.321 e. The van der Waals surface area contributed by atoms with E-state index in [4.69, 9.17) is 11.6 Å². The molecule has 4 aromatic rings. The molecule has 2 aromatic heterocycles. The van der Waals surface area contributed by atoms with Crippen molar-refractivity contribution in [3.8, 4) is 0 Å². The number of nitrogens with zero attached hydrogens (tertiary/aromatic N) is 2. The molecule has 0 aliphatic heterocycles. The molecule has 5 nitrogen and oxygen atoms in total. The first kappa shape index (κ1) is 19.8. The zero-order valence-corrected chi connectivity index (χ0v) is 16.8. The van der Waals surface area contributed by atoms with Crippen molar-refractivity contribution in [1.82, 2.24) is 9.55 Å². The number of fused-ring (bicyclic) bond motifs is 1. The summed E-state index contributed by atoms with van der Waals surface area (Å²) in [6.45, 7) is 2.10. The topological polar surface area (TPSA) is 64.0 Å². The molecule has 2 heterocycles. The van der Waals surface area contributed by atoms with Gasteiger partial charge in [-0.05, 0) is 42.8 Å². The number of aromatic nitrogens is 2. The molecule has 1 amide bonds. The first-order chi connectivity index (χ1) is 14.4. The van der Waals surface area contributed by atoms with Crippen LogP contribution in [0, 0.1) is 12.7 Å². The molecule has 150 valence electrons. The maximum absolute atomic E-state index is 13.2. The minimum absolute atomic E-state index is 0.0833. The van der Waals surface area contributed by atoms with E-state index in [1.807, 2.05) is 30.3 Å². The lowest BCUT2D eigenvalue weighted by molar-refractivity contribution is 0.102. The predicted octanol–water partition coefficient (Wildman–Crippen LogP) is 4.80. The molecule has 4 rings (SSSR count). The zero-order valence-electron chi connectivity index (χ0n) is 16.0. The number of carbonyl (C=O) groups is 1. The molecule has 30 heavy (non-hydrogen) atoms. The van der Waals surface area contributed by atoms with Gasteiger partial charge in [-0.25, -0.2) is 4.39 Å². The van der Waals surface area contributed by atoms with Crippen LogP contribution in [0.15, 0.2) is 71.7 Å². The maximum Gasteiger partial charge on any atom is 0.260 e. The second-order valence-electron chi connectivity index (χ2n) is 6.87. The summed E-state index contributed by atoms with van der Waals surface area (Å²) in [5.74, 6) is -0.978. The monoisotopic (exact) mass is 421 g/mol. The third kappa shape index (κ3) is 3.95. The van der Waals surface area contributed by atoms with Gasteiger partial charge in [-0.3, -0.25) is 14.6 Å². The molecule has 0 unspecified atom stereocenters. The Morgan fingerprint density at radius 3 is 2.63 bits per heavy atom. The van der Waals surface area contributed by atoms with Crippen molar-refractivity contribution in [2.24, 2.45) is 0 Å². The highest BCUT2D eigenvalue weighted by Crippen LogP contribution is 2.24. The van der Waals surface area contributed by atoms with Crippen LogP contribution in [0.1, 0.15) is 21.6 Å². The van der Waals surface area contributed by atoms with Gasteiger partial charge in [0.1, 0.15) is 5.82 Å². The van der Waals surface area contributed by atoms with Gasteiger partial charge in [-0.1, -0.05) is 41.9 Å². The van der Waals surface area contributed by atoms with E-state index in [2.05, 4.69) is 10.3 Å². The number of pyridine rings is 2. The summed E-state index contributed by atoms with van der Waals surface area (Å²) in [4.78, 5) is 30.2. The van der Waals surface area contributed by atoms with E-state index in [0.717, 1.165) is 11.6 Å². The number of hydrogen-bond donors (Lipinski definition) is 1. The van der Waals surface area contributed by atoms with Gasteiger partial charge in [0.25, 0.3) is 11.5 Å². The van der Waals surface area contributed by atoms with Gasteiger partial charge in [0.05, 0.1) is 39.4 Å². The fourth-order valence-electron chi connectivity index (χ4n) is 3.22. The lowest BCUT2D eigenvalue weighted by Crippen LogP contribution is -2.22. The van der Waals surface area contributed by atoms with Gasteiger partial charge in [-0.2, -0.15) is 0 Å². The summed E-state index contributed by atoms with van der Waals surface area (Å²) in [6.07, 6.45) is 1.70. The highest BCUT2D eigenvalue weighted by molar-refractivity contribution is 6.34. The Balaban J connectivity index is 1.71. The molecule has 7 heteroatoms. The number of benzene rings is 2. The third-order valence-electron chi connectivity index (χ3n) is 4.77. The summed E-state index contributed by atoms with van der Waals surface area (Å²) in [5, 5.41) is 3.07. The first-order valence-corrected chi connectivity index (χ1v) is 9.61. The number of amides is 1. The van der Waals surface area contributed by atoms with Crippen LogP contribution in [0.5, 0.6) is 0 Å². The summed E-state index contributed by atoms with van der Waals surface area (Å²) < 4.78 is 14.8. The average molecular weight is 422 g/mol. The van der Waals surface area contributed by atoms with E-state index in [1.165, 1.54) is 18.2 Å². The number of carbonyl (C=O) groups excluding carboxylic acids is 1. The van der Waals surface area contributed by atoms with Crippen molar-refractivity contribution in [3.63, 3.8) is 0 Å². The normalized spacial score (nSPS) is 10.9. The van der Waals surface area contributed by atoms with Gasteiger partial charge in [0, 0.05) is 6.20 Å². The Bertz CT molecular complexity index is 1320. The summed E-state index contributed by atoms with van der Waals surface area (Å²) in [7, 11) is 0. The molecular weight excluding hydrogens is 405 g/mol. The van der Waals surface area contributed by atoms with Gasteiger partial charge in [0.2, 0.25) is 0 Å². The molecule has 2 aromatic carbocycles. The second-order valence-corrected chi connectivity index (χ2v) is 7.27. The molecule has 0 radical (unpaired) electrons. The van der Waals surface area contributed by atoms with Crippen LogP contribution in [0.3, 0.4) is 0 Å². The van der Waals surface area contributed by atoms with Crippen molar-refractivity contribution >= 4 is 34.1 Å². The van der Waals surface area contributed by atoms with E-state index in [0.29, 0.717) is 23.1 Å². The van der Waals surface area contributed by atoms with E-state index in [-0.39, 0.29) is 21.8 Å². The quantitative estimate of drug-likeness (QED) is 0.515. The Kier molecular flexibility index (Phi) is 5.33. The van der Waals surface area contributed by atoms with Gasteiger partial charge < -0.3 is 9.88 Å². The Morgan fingerprint density at radius 2 is 1.90 bits per heavy atom. The molecule has 0 fully saturated rings. The molecule has 0 saturated carbocycles.